The summed E-state index contributed by atoms with van der Waals surface area (Å²) >= 11 is 0. The minimum Gasteiger partial charge on any atom is -0.325 e. The summed E-state index contributed by atoms with van der Waals surface area (Å²) in [5.74, 6) is 0. The monoisotopic (exact) mass is 182 g/mol. The first-order valence-corrected chi connectivity index (χ1v) is 4.70. The largest absolute Gasteiger partial charge is 0.325 e. The van der Waals surface area contributed by atoms with E-state index in [0.29, 0.717) is 0 Å². The predicted octanol–water partition coefficient (Wildman–Crippen LogP) is 0.908. The fourth-order valence-electron chi connectivity index (χ4n) is 1.75. The molecule has 0 aliphatic carbocycles. The van der Waals surface area contributed by atoms with Crippen LogP contribution in [0.25, 0.3) is 6.20 Å². The molecular weight excluding hydrogens is 172 g/mol. The molecule has 14 heavy (non-hydrogen) atoms. The zero-order chi connectivity index (χ0) is 9.38. The van der Waals surface area contributed by atoms with Gasteiger partial charge in [-0.05, 0) is 18.2 Å². The van der Waals surface area contributed by atoms with Crippen LogP contribution in [0, 0.1) is 0 Å². The Balaban J connectivity index is 2.38. The number of aromatic nitrogens is 1. The maximum atomic E-state index is 4.55. The highest BCUT2D eigenvalue weighted by atomic mass is 15.0. The van der Waals surface area contributed by atoms with Gasteiger partial charge in [0.15, 0.2) is 0 Å². The van der Waals surface area contributed by atoms with Crippen molar-refractivity contribution in [3.05, 3.63) is 58.9 Å². The topological polar surface area (TPSA) is 17.3 Å². The van der Waals surface area contributed by atoms with Crippen LogP contribution in [0.2, 0.25) is 0 Å². The number of fused-ring (bicyclic) bond motifs is 2. The van der Waals surface area contributed by atoms with Gasteiger partial charge in [0.2, 0.25) is 0 Å². The SMILES string of the molecule is C1=c2ccccc2=NCc2cccn21. The fourth-order valence-corrected chi connectivity index (χ4v) is 1.75. The number of hydrogen-bond acceptors (Lipinski definition) is 1. The standard InChI is InChI=1S/C12H10N2/c1-2-6-12-10(4-1)9-14-7-3-5-11(14)8-13-12/h1-7,9H,8H2. The average molecular weight is 182 g/mol. The van der Waals surface area contributed by atoms with Crippen LogP contribution < -0.4 is 10.6 Å². The first-order valence-electron chi connectivity index (χ1n) is 4.70. The van der Waals surface area contributed by atoms with Crippen molar-refractivity contribution in [1.29, 1.82) is 0 Å². The number of hydrogen-bond donors (Lipinski definition) is 0. The molecule has 0 saturated carbocycles. The van der Waals surface area contributed by atoms with Gasteiger partial charge in [-0.1, -0.05) is 18.2 Å². The Morgan fingerprint density at radius 1 is 1.07 bits per heavy atom. The Labute approximate surface area is 81.8 Å². The van der Waals surface area contributed by atoms with Gasteiger partial charge in [0.05, 0.1) is 11.9 Å². The molecule has 0 spiro atoms. The zero-order valence-corrected chi connectivity index (χ0v) is 7.72. The van der Waals surface area contributed by atoms with Crippen LogP contribution in [0.4, 0.5) is 0 Å². The van der Waals surface area contributed by atoms with Crippen molar-refractivity contribution >= 4 is 6.20 Å². The summed E-state index contributed by atoms with van der Waals surface area (Å²) in [4.78, 5) is 4.55. The van der Waals surface area contributed by atoms with Crippen LogP contribution in [-0.2, 0) is 6.54 Å². The number of benzene rings is 1. The third-order valence-electron chi connectivity index (χ3n) is 2.49. The van der Waals surface area contributed by atoms with Crippen molar-refractivity contribution in [2.75, 3.05) is 0 Å². The fraction of sp³-hybridized carbons (Fsp3) is 0.0833. The quantitative estimate of drug-likeness (QED) is 0.576. The van der Waals surface area contributed by atoms with E-state index in [4.69, 9.17) is 0 Å². The maximum absolute atomic E-state index is 4.55. The van der Waals surface area contributed by atoms with Gasteiger partial charge >= 0.3 is 0 Å². The molecule has 0 radical (unpaired) electrons. The minimum absolute atomic E-state index is 0.764. The van der Waals surface area contributed by atoms with Crippen molar-refractivity contribution in [3.8, 4) is 0 Å². The van der Waals surface area contributed by atoms with E-state index < -0.39 is 0 Å². The van der Waals surface area contributed by atoms with E-state index in [9.17, 15) is 0 Å². The third kappa shape index (κ3) is 1.08. The summed E-state index contributed by atoms with van der Waals surface area (Å²) in [6.45, 7) is 0.764. The molecule has 1 aliphatic rings. The van der Waals surface area contributed by atoms with E-state index in [0.717, 1.165) is 11.9 Å². The summed E-state index contributed by atoms with van der Waals surface area (Å²) in [6, 6.07) is 12.4. The highest BCUT2D eigenvalue weighted by Gasteiger charge is 2.00. The molecule has 0 saturated heterocycles. The number of para-hydroxylation sites is 1. The summed E-state index contributed by atoms with van der Waals surface area (Å²) in [5, 5.41) is 2.26. The second kappa shape index (κ2) is 2.84. The lowest BCUT2D eigenvalue weighted by molar-refractivity contribution is 0.932. The van der Waals surface area contributed by atoms with Gasteiger partial charge < -0.3 is 4.57 Å². The van der Waals surface area contributed by atoms with E-state index in [2.05, 4.69) is 46.2 Å². The molecule has 2 heterocycles. The molecule has 68 valence electrons. The van der Waals surface area contributed by atoms with E-state index in [1.807, 2.05) is 12.1 Å². The summed E-state index contributed by atoms with van der Waals surface area (Å²) in [5.41, 5.74) is 1.24. The molecule has 0 bridgehead atoms. The maximum Gasteiger partial charge on any atom is 0.0802 e. The van der Waals surface area contributed by atoms with Crippen molar-refractivity contribution < 1.29 is 0 Å². The Morgan fingerprint density at radius 3 is 3.00 bits per heavy atom. The molecule has 0 atom stereocenters. The first kappa shape index (κ1) is 7.56. The van der Waals surface area contributed by atoms with E-state index in [1.165, 1.54) is 10.9 Å². The van der Waals surface area contributed by atoms with Gasteiger partial charge in [0.1, 0.15) is 0 Å². The zero-order valence-electron chi connectivity index (χ0n) is 7.72. The average Bonchev–Trinajstić information content (AvgIpc) is 2.58. The number of nitrogens with zero attached hydrogens (tertiary/aromatic N) is 2. The highest BCUT2D eigenvalue weighted by Crippen LogP contribution is 2.04. The molecule has 0 unspecified atom stereocenters. The summed E-state index contributed by atoms with van der Waals surface area (Å²) in [6.07, 6.45) is 4.19. The van der Waals surface area contributed by atoms with Crippen molar-refractivity contribution in [3.63, 3.8) is 0 Å². The lowest BCUT2D eigenvalue weighted by Crippen LogP contribution is -2.23. The Morgan fingerprint density at radius 2 is 2.00 bits per heavy atom. The summed E-state index contributed by atoms with van der Waals surface area (Å²) < 4.78 is 2.13. The molecule has 0 amide bonds. The second-order valence-electron chi connectivity index (χ2n) is 3.41. The minimum atomic E-state index is 0.764. The molecule has 2 nitrogen and oxygen atoms in total. The second-order valence-corrected chi connectivity index (χ2v) is 3.41. The Hall–Kier alpha value is -1.83. The normalized spacial score (nSPS) is 13.1. The lowest BCUT2D eigenvalue weighted by Gasteiger charge is -1.96. The van der Waals surface area contributed by atoms with Crippen molar-refractivity contribution in [2.24, 2.45) is 4.99 Å². The van der Waals surface area contributed by atoms with Gasteiger partial charge in [0.25, 0.3) is 0 Å². The molecule has 2 heteroatoms. The molecule has 0 N–H and O–H groups in total. The molecule has 2 aromatic rings. The smallest absolute Gasteiger partial charge is 0.0802 e. The van der Waals surface area contributed by atoms with Crippen molar-refractivity contribution in [2.45, 2.75) is 6.54 Å². The molecule has 3 rings (SSSR count). The van der Waals surface area contributed by atoms with Gasteiger partial charge in [-0.3, -0.25) is 4.99 Å². The highest BCUT2D eigenvalue weighted by molar-refractivity contribution is 5.31. The van der Waals surface area contributed by atoms with Crippen LogP contribution >= 0.6 is 0 Å². The van der Waals surface area contributed by atoms with Crippen LogP contribution in [0.5, 0.6) is 0 Å². The van der Waals surface area contributed by atoms with Crippen LogP contribution in [0.3, 0.4) is 0 Å². The molecule has 1 aromatic heterocycles. The van der Waals surface area contributed by atoms with Crippen LogP contribution in [0.1, 0.15) is 5.69 Å². The molecular formula is C12H10N2. The Kier molecular flexibility index (Phi) is 1.53. The summed E-state index contributed by atoms with van der Waals surface area (Å²) in [7, 11) is 0. The lowest BCUT2D eigenvalue weighted by atomic mass is 10.3. The van der Waals surface area contributed by atoms with E-state index >= 15 is 0 Å². The van der Waals surface area contributed by atoms with Crippen LogP contribution in [-0.4, -0.2) is 4.57 Å². The van der Waals surface area contributed by atoms with Crippen LogP contribution in [0.15, 0.2) is 47.6 Å². The van der Waals surface area contributed by atoms with Crippen molar-refractivity contribution in [1.82, 2.24) is 4.57 Å². The predicted molar refractivity (Wildman–Crippen MR) is 55.2 cm³/mol. The molecule has 1 aliphatic heterocycles. The van der Waals surface area contributed by atoms with Gasteiger partial charge in [-0.2, -0.15) is 0 Å². The molecule has 1 aromatic carbocycles. The number of rotatable bonds is 0. The van der Waals surface area contributed by atoms with Gasteiger partial charge in [-0.25, -0.2) is 0 Å². The Bertz CT molecular complexity index is 578. The van der Waals surface area contributed by atoms with Gasteiger partial charge in [0, 0.05) is 23.3 Å². The van der Waals surface area contributed by atoms with E-state index in [-0.39, 0.29) is 0 Å². The third-order valence-corrected chi connectivity index (χ3v) is 2.49. The van der Waals surface area contributed by atoms with E-state index in [1.54, 1.807) is 0 Å². The first-order chi connectivity index (χ1) is 6.93. The van der Waals surface area contributed by atoms with Gasteiger partial charge in [-0.15, -0.1) is 0 Å². The molecule has 0 fully saturated rings.